The Kier molecular flexibility index (Phi) is 71.5. The van der Waals surface area contributed by atoms with E-state index < -0.39 is 26.5 Å². The lowest BCUT2D eigenvalue weighted by Gasteiger charge is -2.24. The molecule has 0 aromatic heterocycles. The molecule has 0 aliphatic rings. The molecule has 90 heavy (non-hydrogen) atoms. The van der Waals surface area contributed by atoms with Crippen LogP contribution in [-0.2, 0) is 32.7 Å². The van der Waals surface area contributed by atoms with Crippen molar-refractivity contribution in [2.24, 2.45) is 0 Å². The fourth-order valence-corrected chi connectivity index (χ4v) is 13.7. The Hall–Kier alpha value is -0.990. The number of phosphoric ester groups is 1. The van der Waals surface area contributed by atoms with Gasteiger partial charge in [-0.3, -0.25) is 18.6 Å². The fourth-order valence-electron chi connectivity index (χ4n) is 12.9. The number of hydrogen-bond donors (Lipinski definition) is 1. The number of nitrogens with zero attached hydrogens (tertiary/aromatic N) is 1. The maximum atomic E-state index is 12.9. The summed E-state index contributed by atoms with van der Waals surface area (Å²) in [6, 6.07) is 0. The Bertz CT molecular complexity index is 1470. The Balaban J connectivity index is 3.86. The van der Waals surface area contributed by atoms with E-state index in [9.17, 15) is 19.0 Å². The van der Waals surface area contributed by atoms with E-state index in [1.54, 1.807) is 0 Å². The van der Waals surface area contributed by atoms with Gasteiger partial charge in [-0.2, -0.15) is 0 Å². The van der Waals surface area contributed by atoms with E-state index in [1.807, 2.05) is 21.1 Å². The highest BCUT2D eigenvalue weighted by Crippen LogP contribution is 2.43. The van der Waals surface area contributed by atoms with E-state index in [4.69, 9.17) is 18.5 Å². The van der Waals surface area contributed by atoms with Gasteiger partial charge < -0.3 is 18.9 Å². The van der Waals surface area contributed by atoms with Gasteiger partial charge in [0.15, 0.2) is 6.10 Å². The van der Waals surface area contributed by atoms with Crippen molar-refractivity contribution in [3.05, 3.63) is 0 Å². The Labute approximate surface area is 563 Å². The summed E-state index contributed by atoms with van der Waals surface area (Å²) >= 11 is 0. The second-order valence-corrected chi connectivity index (χ2v) is 31.0. The summed E-state index contributed by atoms with van der Waals surface area (Å²) in [7, 11) is 1.51. The number of carbonyl (C=O) groups excluding carboxylic acids is 2. The molecule has 0 saturated carbocycles. The Morgan fingerprint density at radius 2 is 0.500 bits per heavy atom. The molecule has 0 amide bonds. The van der Waals surface area contributed by atoms with Gasteiger partial charge in [0.25, 0.3) is 0 Å². The lowest BCUT2D eigenvalue weighted by molar-refractivity contribution is -0.870. The van der Waals surface area contributed by atoms with E-state index >= 15 is 0 Å². The number of ether oxygens (including phenoxy) is 2. The molecule has 0 heterocycles. The van der Waals surface area contributed by atoms with Gasteiger partial charge in [-0.25, -0.2) is 4.57 Å². The summed E-state index contributed by atoms with van der Waals surface area (Å²) in [4.78, 5) is 36.0. The molecule has 9 nitrogen and oxygen atoms in total. The third-order valence-corrected chi connectivity index (χ3v) is 20.1. The molecule has 2 unspecified atom stereocenters. The predicted molar refractivity (Wildman–Crippen MR) is 391 cm³/mol. The van der Waals surface area contributed by atoms with Crippen LogP contribution < -0.4 is 0 Å². The van der Waals surface area contributed by atoms with E-state index in [1.165, 1.54) is 385 Å². The maximum absolute atomic E-state index is 12.9. The van der Waals surface area contributed by atoms with Gasteiger partial charge in [-0.1, -0.05) is 425 Å². The van der Waals surface area contributed by atoms with Crippen LogP contribution in [0.25, 0.3) is 0 Å². The summed E-state index contributed by atoms with van der Waals surface area (Å²) in [6.45, 7) is 4.55. The first-order valence-corrected chi connectivity index (χ1v) is 42.3. The van der Waals surface area contributed by atoms with Crippen LogP contribution in [0.3, 0.4) is 0 Å². The molecule has 10 heteroatoms. The van der Waals surface area contributed by atoms with Crippen LogP contribution in [0.2, 0.25) is 0 Å². The molecule has 0 rings (SSSR count). The van der Waals surface area contributed by atoms with Crippen molar-refractivity contribution >= 4 is 19.8 Å². The first-order chi connectivity index (χ1) is 44.0. The first kappa shape index (κ1) is 89.0. The first-order valence-electron chi connectivity index (χ1n) is 40.8. The highest BCUT2D eigenvalue weighted by molar-refractivity contribution is 7.47. The van der Waals surface area contributed by atoms with Crippen molar-refractivity contribution in [3.63, 3.8) is 0 Å². The zero-order valence-corrected chi connectivity index (χ0v) is 62.6. The molecular weight excluding hydrogens is 1130 g/mol. The van der Waals surface area contributed by atoms with Gasteiger partial charge in [0.1, 0.15) is 19.8 Å². The number of esters is 2. The third kappa shape index (κ3) is 76.0. The van der Waals surface area contributed by atoms with Crippen LogP contribution in [0.15, 0.2) is 0 Å². The maximum Gasteiger partial charge on any atom is 0.472 e. The second kappa shape index (κ2) is 72.3. The number of hydrogen-bond acceptors (Lipinski definition) is 7. The zero-order chi connectivity index (χ0) is 65.5. The van der Waals surface area contributed by atoms with Gasteiger partial charge >= 0.3 is 19.8 Å². The summed E-state index contributed by atoms with van der Waals surface area (Å²) in [6.07, 6.45) is 89.9. The van der Waals surface area contributed by atoms with Crippen LogP contribution in [0.4, 0.5) is 0 Å². The van der Waals surface area contributed by atoms with Crippen molar-refractivity contribution < 1.29 is 42.1 Å². The number of unbranched alkanes of at least 4 members (excludes halogenated alkanes) is 64. The van der Waals surface area contributed by atoms with Crippen LogP contribution in [0.5, 0.6) is 0 Å². The van der Waals surface area contributed by atoms with E-state index in [0.29, 0.717) is 17.4 Å². The standard InChI is InChI=1S/C80H160NO8P/c1-6-8-10-12-14-16-18-20-22-24-26-28-30-32-34-36-37-38-39-40-41-42-43-44-45-47-49-51-53-55-57-59-61-63-65-67-69-71-73-80(83)89-78(77-88-90(84,85)87-75-74-81(3,4)5)76-86-79(82)72-70-68-66-64-62-60-58-56-54-52-50-48-46-35-33-31-29-27-25-23-21-19-17-15-13-11-9-7-2/h78H,6-77H2,1-5H3/p+1. The molecule has 0 aromatic carbocycles. The topological polar surface area (TPSA) is 108 Å². The van der Waals surface area contributed by atoms with Gasteiger partial charge in [0, 0.05) is 12.8 Å². The zero-order valence-electron chi connectivity index (χ0n) is 61.7. The summed E-state index contributed by atoms with van der Waals surface area (Å²) in [5.41, 5.74) is 0. The molecule has 0 aromatic rings. The van der Waals surface area contributed by atoms with Gasteiger partial charge in [-0.05, 0) is 12.8 Å². The van der Waals surface area contributed by atoms with Crippen LogP contribution >= 0.6 is 7.82 Å². The molecule has 0 spiro atoms. The molecular formula is C80H161NO8P+. The second-order valence-electron chi connectivity index (χ2n) is 29.5. The third-order valence-electron chi connectivity index (χ3n) is 19.1. The average molecular weight is 1300 g/mol. The number of phosphoric acid groups is 1. The minimum Gasteiger partial charge on any atom is -0.462 e. The van der Waals surface area contributed by atoms with Crippen molar-refractivity contribution in [3.8, 4) is 0 Å². The molecule has 0 aliphatic heterocycles. The fraction of sp³-hybridized carbons (Fsp3) is 0.975. The molecule has 1 N–H and O–H groups in total. The quantitative estimate of drug-likeness (QED) is 0.0278. The number of rotatable bonds is 78. The van der Waals surface area contributed by atoms with Crippen molar-refractivity contribution in [1.29, 1.82) is 0 Å². The molecule has 0 bridgehead atoms. The van der Waals surface area contributed by atoms with Crippen molar-refractivity contribution in [1.82, 2.24) is 0 Å². The minimum absolute atomic E-state index is 0.0379. The van der Waals surface area contributed by atoms with E-state index in [-0.39, 0.29) is 25.6 Å². The molecule has 538 valence electrons. The highest BCUT2D eigenvalue weighted by atomic mass is 31.2. The number of quaternary nitrogens is 1. The number of likely N-dealkylation sites (N-methyl/N-ethyl adjacent to an activating group) is 1. The molecule has 0 aliphatic carbocycles. The van der Waals surface area contributed by atoms with Gasteiger partial charge in [-0.15, -0.1) is 0 Å². The summed E-state index contributed by atoms with van der Waals surface area (Å²) in [5, 5.41) is 0. The SMILES string of the molecule is CCCCCCCCCCCCCCCCCCCCCCCCCCCCCCCCCCCCCCCCC(=O)OC(COC(=O)CCCCCCCCCCCCCCCCCCCCCCCCCCCCCC)COP(=O)(O)OCC[N+](C)(C)C. The van der Waals surface area contributed by atoms with Crippen molar-refractivity contribution in [2.75, 3.05) is 47.5 Å². The van der Waals surface area contributed by atoms with E-state index in [2.05, 4.69) is 13.8 Å². The molecule has 0 saturated heterocycles. The monoisotopic (exact) mass is 1300 g/mol. The minimum atomic E-state index is -4.39. The van der Waals surface area contributed by atoms with Crippen LogP contribution in [0, 0.1) is 0 Å². The molecule has 0 radical (unpaired) electrons. The summed E-state index contributed by atoms with van der Waals surface area (Å²) in [5.74, 6) is -0.764. The average Bonchev–Trinajstić information content (AvgIpc) is 3.62. The largest absolute Gasteiger partial charge is 0.472 e. The Morgan fingerprint density at radius 1 is 0.300 bits per heavy atom. The van der Waals surface area contributed by atoms with Gasteiger partial charge in [0.05, 0.1) is 27.7 Å². The van der Waals surface area contributed by atoms with Crippen LogP contribution in [0.1, 0.15) is 450 Å². The molecule has 2 atom stereocenters. The normalized spacial score (nSPS) is 12.9. The van der Waals surface area contributed by atoms with E-state index in [0.717, 1.165) is 38.5 Å². The highest BCUT2D eigenvalue weighted by Gasteiger charge is 2.27. The van der Waals surface area contributed by atoms with Crippen LogP contribution in [-0.4, -0.2) is 74.9 Å². The van der Waals surface area contributed by atoms with Gasteiger partial charge in [0.2, 0.25) is 0 Å². The number of carbonyl (C=O) groups is 2. The Morgan fingerprint density at radius 3 is 0.711 bits per heavy atom. The molecule has 0 fully saturated rings. The predicted octanol–water partition coefficient (Wildman–Crippen LogP) is 26.8. The van der Waals surface area contributed by atoms with Crippen molar-refractivity contribution in [2.45, 2.75) is 457 Å². The summed E-state index contributed by atoms with van der Waals surface area (Å²) < 4.78 is 34.8. The lowest BCUT2D eigenvalue weighted by Crippen LogP contribution is -2.37. The lowest BCUT2D eigenvalue weighted by atomic mass is 10.0. The smallest absolute Gasteiger partial charge is 0.462 e.